The fourth-order valence-electron chi connectivity index (χ4n) is 2.00. The summed E-state index contributed by atoms with van der Waals surface area (Å²) in [6.45, 7) is 0.556. The van der Waals surface area contributed by atoms with E-state index in [1.807, 2.05) is 23.6 Å². The summed E-state index contributed by atoms with van der Waals surface area (Å²) in [6.07, 6.45) is 0.728. The number of carbonyl (C=O) groups is 1. The number of benzene rings is 1. The Morgan fingerprint density at radius 3 is 3.05 bits per heavy atom. The highest BCUT2D eigenvalue weighted by Crippen LogP contribution is 2.35. The molecule has 21 heavy (non-hydrogen) atoms. The van der Waals surface area contributed by atoms with Crippen LogP contribution >= 0.6 is 38.6 Å². The van der Waals surface area contributed by atoms with Gasteiger partial charge in [-0.15, -0.1) is 22.7 Å². The van der Waals surface area contributed by atoms with E-state index in [-0.39, 0.29) is 5.91 Å². The van der Waals surface area contributed by atoms with Crippen LogP contribution in [-0.2, 0) is 6.42 Å². The predicted molar refractivity (Wildman–Crippen MR) is 92.1 cm³/mol. The summed E-state index contributed by atoms with van der Waals surface area (Å²) in [4.78, 5) is 17.0. The van der Waals surface area contributed by atoms with E-state index in [1.165, 1.54) is 11.3 Å². The number of nitrogens with two attached hydrogens (primary N) is 1. The van der Waals surface area contributed by atoms with E-state index >= 15 is 0 Å². The van der Waals surface area contributed by atoms with E-state index in [0.717, 1.165) is 26.7 Å². The van der Waals surface area contributed by atoms with Gasteiger partial charge in [0.05, 0.1) is 16.9 Å². The summed E-state index contributed by atoms with van der Waals surface area (Å²) >= 11 is 6.39. The summed E-state index contributed by atoms with van der Waals surface area (Å²) in [5.41, 5.74) is 9.42. The molecule has 2 aromatic heterocycles. The van der Waals surface area contributed by atoms with Crippen LogP contribution < -0.4 is 11.1 Å². The van der Waals surface area contributed by atoms with Gasteiger partial charge in [0, 0.05) is 32.9 Å². The number of aromatic nitrogens is 1. The maximum atomic E-state index is 12.2. The van der Waals surface area contributed by atoms with Gasteiger partial charge >= 0.3 is 0 Å². The van der Waals surface area contributed by atoms with Crippen molar-refractivity contribution in [1.82, 2.24) is 10.3 Å². The number of fused-ring (bicyclic) bond motifs is 1. The lowest BCUT2D eigenvalue weighted by Crippen LogP contribution is -2.25. The van der Waals surface area contributed by atoms with Crippen LogP contribution in [0.15, 0.2) is 33.6 Å². The Labute approximate surface area is 138 Å². The van der Waals surface area contributed by atoms with Gasteiger partial charge in [-0.25, -0.2) is 4.98 Å². The Hall–Kier alpha value is -1.44. The molecule has 0 bridgehead atoms. The molecule has 3 aromatic rings. The molecule has 3 N–H and O–H groups in total. The predicted octanol–water partition coefficient (Wildman–Crippen LogP) is 3.68. The molecule has 0 aliphatic carbocycles. The van der Waals surface area contributed by atoms with Crippen LogP contribution in [0, 0.1) is 0 Å². The Morgan fingerprint density at radius 1 is 1.43 bits per heavy atom. The van der Waals surface area contributed by atoms with Crippen molar-refractivity contribution in [3.63, 3.8) is 0 Å². The molecule has 3 rings (SSSR count). The molecule has 0 aliphatic rings. The number of anilines is 1. The number of thiazole rings is 1. The van der Waals surface area contributed by atoms with E-state index in [9.17, 15) is 4.79 Å². The summed E-state index contributed by atoms with van der Waals surface area (Å²) < 4.78 is 1.97. The second-order valence-electron chi connectivity index (χ2n) is 4.47. The topological polar surface area (TPSA) is 68.0 Å². The largest absolute Gasteiger partial charge is 0.397 e. The summed E-state index contributed by atoms with van der Waals surface area (Å²) in [6, 6.07) is 5.85. The van der Waals surface area contributed by atoms with E-state index in [2.05, 4.69) is 26.2 Å². The van der Waals surface area contributed by atoms with Crippen molar-refractivity contribution in [2.75, 3.05) is 12.3 Å². The maximum absolute atomic E-state index is 12.2. The number of hydrogen-bond donors (Lipinski definition) is 2. The highest BCUT2D eigenvalue weighted by Gasteiger charge is 2.16. The van der Waals surface area contributed by atoms with E-state index in [0.29, 0.717) is 17.1 Å². The monoisotopic (exact) mass is 381 g/mol. The minimum atomic E-state index is -0.125. The van der Waals surface area contributed by atoms with Crippen molar-refractivity contribution < 1.29 is 4.79 Å². The van der Waals surface area contributed by atoms with Crippen LogP contribution in [0.5, 0.6) is 0 Å². The number of rotatable bonds is 4. The molecule has 0 saturated carbocycles. The van der Waals surface area contributed by atoms with Crippen molar-refractivity contribution >= 4 is 60.3 Å². The zero-order valence-electron chi connectivity index (χ0n) is 10.9. The molecular weight excluding hydrogens is 370 g/mol. The molecule has 0 spiro atoms. The molecule has 0 fully saturated rings. The first-order chi connectivity index (χ1) is 10.1. The Kier molecular flexibility index (Phi) is 4.23. The first kappa shape index (κ1) is 14.5. The van der Waals surface area contributed by atoms with Gasteiger partial charge in [0.1, 0.15) is 4.88 Å². The molecule has 0 saturated heterocycles. The highest BCUT2D eigenvalue weighted by atomic mass is 79.9. The van der Waals surface area contributed by atoms with Crippen molar-refractivity contribution in [3.05, 3.63) is 44.1 Å². The van der Waals surface area contributed by atoms with Gasteiger partial charge in [0.15, 0.2) is 0 Å². The lowest BCUT2D eigenvalue weighted by Gasteiger charge is -2.03. The second-order valence-corrected chi connectivity index (χ2v) is 7.16. The van der Waals surface area contributed by atoms with Gasteiger partial charge in [-0.2, -0.15) is 0 Å². The van der Waals surface area contributed by atoms with Gasteiger partial charge in [0.25, 0.3) is 5.91 Å². The minimum absolute atomic E-state index is 0.125. The normalized spacial score (nSPS) is 10.9. The van der Waals surface area contributed by atoms with E-state index < -0.39 is 0 Å². The van der Waals surface area contributed by atoms with Crippen LogP contribution in [0.25, 0.3) is 10.1 Å². The quantitative estimate of drug-likeness (QED) is 0.724. The highest BCUT2D eigenvalue weighted by molar-refractivity contribution is 9.10. The number of thiophene rings is 1. The van der Waals surface area contributed by atoms with E-state index in [1.54, 1.807) is 16.8 Å². The van der Waals surface area contributed by atoms with Crippen molar-refractivity contribution in [2.45, 2.75) is 6.42 Å². The Bertz CT molecular complexity index is 783. The number of amides is 1. The molecule has 4 nitrogen and oxygen atoms in total. The molecule has 2 heterocycles. The van der Waals surface area contributed by atoms with Crippen molar-refractivity contribution in [3.8, 4) is 0 Å². The molecule has 0 aliphatic heterocycles. The Balaban J connectivity index is 1.73. The molecule has 7 heteroatoms. The fraction of sp³-hybridized carbons (Fsp3) is 0.143. The number of hydrogen-bond acceptors (Lipinski definition) is 5. The van der Waals surface area contributed by atoms with Crippen molar-refractivity contribution in [1.29, 1.82) is 0 Å². The third-order valence-corrected chi connectivity index (χ3v) is 5.36. The van der Waals surface area contributed by atoms with Gasteiger partial charge in [-0.1, -0.05) is 15.9 Å². The number of carbonyl (C=O) groups excluding carboxylic acids is 1. The lowest BCUT2D eigenvalue weighted by atomic mass is 10.2. The third kappa shape index (κ3) is 3.09. The molecule has 0 unspecified atom stereocenters. The molecule has 0 atom stereocenters. The molecule has 1 aromatic carbocycles. The minimum Gasteiger partial charge on any atom is -0.397 e. The number of halogens is 1. The van der Waals surface area contributed by atoms with Gasteiger partial charge < -0.3 is 11.1 Å². The summed E-state index contributed by atoms with van der Waals surface area (Å²) in [7, 11) is 0. The second kappa shape index (κ2) is 6.13. The molecular formula is C14H12BrN3OS2. The van der Waals surface area contributed by atoms with Gasteiger partial charge in [-0.3, -0.25) is 4.79 Å². The number of nitrogens with one attached hydrogen (secondary N) is 1. The number of nitrogens with zero attached hydrogens (tertiary/aromatic N) is 1. The maximum Gasteiger partial charge on any atom is 0.263 e. The number of nitrogen functional groups attached to an aromatic ring is 1. The molecule has 108 valence electrons. The first-order valence-electron chi connectivity index (χ1n) is 6.28. The smallest absolute Gasteiger partial charge is 0.263 e. The van der Waals surface area contributed by atoms with E-state index in [4.69, 9.17) is 5.73 Å². The SMILES string of the molecule is Nc1c(C(=O)NCCc2cscn2)sc2ccc(Br)cc12. The fourth-order valence-corrected chi connectivity index (χ4v) is 3.98. The average molecular weight is 382 g/mol. The van der Waals surface area contributed by atoms with Crippen LogP contribution in [0.3, 0.4) is 0 Å². The van der Waals surface area contributed by atoms with Gasteiger partial charge in [0.2, 0.25) is 0 Å². The van der Waals surface area contributed by atoms with Crippen LogP contribution in [0.2, 0.25) is 0 Å². The average Bonchev–Trinajstić information content (AvgIpc) is 3.08. The van der Waals surface area contributed by atoms with Gasteiger partial charge in [-0.05, 0) is 18.2 Å². The Morgan fingerprint density at radius 2 is 2.29 bits per heavy atom. The lowest BCUT2D eigenvalue weighted by molar-refractivity contribution is 0.0959. The summed E-state index contributed by atoms with van der Waals surface area (Å²) in [5.74, 6) is -0.125. The van der Waals surface area contributed by atoms with Crippen molar-refractivity contribution in [2.24, 2.45) is 0 Å². The molecule has 1 amide bonds. The zero-order valence-corrected chi connectivity index (χ0v) is 14.1. The first-order valence-corrected chi connectivity index (χ1v) is 8.83. The third-order valence-electron chi connectivity index (χ3n) is 3.04. The zero-order chi connectivity index (χ0) is 14.8. The summed E-state index contributed by atoms with van der Waals surface area (Å²) in [5, 5.41) is 5.80. The standard InChI is InChI=1S/C14H12BrN3OS2/c15-8-1-2-11-10(5-8)12(16)13(21-11)14(19)17-4-3-9-6-20-7-18-9/h1-2,5-7H,3-4,16H2,(H,17,19). The molecule has 0 radical (unpaired) electrons. The van der Waals surface area contributed by atoms with Crippen LogP contribution in [0.4, 0.5) is 5.69 Å². The van der Waals surface area contributed by atoms with Crippen LogP contribution in [-0.4, -0.2) is 17.4 Å². The van der Waals surface area contributed by atoms with Crippen LogP contribution in [0.1, 0.15) is 15.4 Å².